The fourth-order valence-electron chi connectivity index (χ4n) is 2.10. The minimum Gasteiger partial charge on any atom is -0.497 e. The number of nitrogens with zero attached hydrogens (tertiary/aromatic N) is 3. The molecule has 3 rings (SSSR count). The predicted octanol–water partition coefficient (Wildman–Crippen LogP) is 3.63. The zero-order valence-electron chi connectivity index (χ0n) is 13.6. The molecule has 0 bridgehead atoms. The molecule has 9 heteroatoms. The number of ether oxygens (including phenoxy) is 1. The molecule has 0 radical (unpaired) electrons. The van der Waals surface area contributed by atoms with Crippen molar-refractivity contribution in [1.29, 1.82) is 0 Å². The molecule has 0 amide bonds. The van der Waals surface area contributed by atoms with E-state index in [1.807, 2.05) is 0 Å². The Morgan fingerprint density at radius 2 is 1.85 bits per heavy atom. The van der Waals surface area contributed by atoms with Crippen LogP contribution in [-0.2, 0) is 0 Å². The molecule has 0 aliphatic rings. The average Bonchev–Trinajstić information content (AvgIpc) is 3.15. The maximum absolute atomic E-state index is 12.2. The third-order valence-corrected chi connectivity index (χ3v) is 4.29. The van der Waals surface area contributed by atoms with Gasteiger partial charge in [0.15, 0.2) is 5.78 Å². The largest absolute Gasteiger partial charge is 0.497 e. The first-order valence-corrected chi connectivity index (χ1v) is 8.44. The fourth-order valence-corrected chi connectivity index (χ4v) is 2.76. The van der Waals surface area contributed by atoms with Gasteiger partial charge in [0, 0.05) is 23.3 Å². The molecule has 0 aliphatic carbocycles. The first-order chi connectivity index (χ1) is 12.6. The monoisotopic (exact) mass is 371 g/mol. The number of thioether (sulfide) groups is 1. The molecular weight excluding hydrogens is 358 g/mol. The number of methoxy groups -OCH3 is 1. The molecule has 0 N–H and O–H groups in total. The number of rotatable bonds is 7. The van der Waals surface area contributed by atoms with Gasteiger partial charge in [-0.2, -0.15) is 0 Å². The van der Waals surface area contributed by atoms with E-state index in [4.69, 9.17) is 9.15 Å². The van der Waals surface area contributed by atoms with Crippen LogP contribution in [0.25, 0.3) is 11.5 Å². The van der Waals surface area contributed by atoms with E-state index >= 15 is 0 Å². The summed E-state index contributed by atoms with van der Waals surface area (Å²) in [5.41, 5.74) is 1.07. The number of nitro groups is 1. The van der Waals surface area contributed by atoms with E-state index in [9.17, 15) is 14.9 Å². The SMILES string of the molecule is COc1ccc(-c2nnc(SCC(=O)c3ccc([N+](=O)[O-])cc3)o2)cc1. The summed E-state index contributed by atoms with van der Waals surface area (Å²) in [4.78, 5) is 22.3. The summed E-state index contributed by atoms with van der Waals surface area (Å²) in [6.45, 7) is 0. The molecule has 0 fully saturated rings. The van der Waals surface area contributed by atoms with Gasteiger partial charge < -0.3 is 9.15 Å². The zero-order valence-corrected chi connectivity index (χ0v) is 14.4. The van der Waals surface area contributed by atoms with Gasteiger partial charge in [0.25, 0.3) is 10.9 Å². The Morgan fingerprint density at radius 1 is 1.15 bits per heavy atom. The van der Waals surface area contributed by atoms with Crippen LogP contribution in [0, 0.1) is 10.1 Å². The normalized spacial score (nSPS) is 10.5. The molecule has 2 aromatic carbocycles. The number of ketones is 1. The van der Waals surface area contributed by atoms with E-state index in [1.54, 1.807) is 31.4 Å². The third-order valence-electron chi connectivity index (χ3n) is 3.47. The molecule has 8 nitrogen and oxygen atoms in total. The van der Waals surface area contributed by atoms with Crippen LogP contribution < -0.4 is 4.74 Å². The number of benzene rings is 2. The Balaban J connectivity index is 1.62. The highest BCUT2D eigenvalue weighted by Gasteiger charge is 2.14. The molecule has 0 unspecified atom stereocenters. The maximum atomic E-state index is 12.2. The Hall–Kier alpha value is -3.20. The van der Waals surface area contributed by atoms with Crippen molar-refractivity contribution in [2.75, 3.05) is 12.9 Å². The Bertz CT molecular complexity index is 922. The molecule has 0 atom stereocenters. The van der Waals surface area contributed by atoms with Gasteiger partial charge in [0.2, 0.25) is 5.89 Å². The minimum atomic E-state index is -0.512. The van der Waals surface area contributed by atoms with Crippen molar-refractivity contribution < 1.29 is 18.9 Å². The highest BCUT2D eigenvalue weighted by atomic mass is 32.2. The second kappa shape index (κ2) is 7.79. The summed E-state index contributed by atoms with van der Waals surface area (Å²) in [5.74, 6) is 0.964. The third kappa shape index (κ3) is 4.06. The number of carbonyl (C=O) groups is 1. The number of Topliss-reactive ketones (excluding diaryl/α,β-unsaturated/α-hetero) is 1. The first-order valence-electron chi connectivity index (χ1n) is 7.45. The van der Waals surface area contributed by atoms with Gasteiger partial charge in [-0.25, -0.2) is 0 Å². The van der Waals surface area contributed by atoms with Crippen LogP contribution in [0.2, 0.25) is 0 Å². The lowest BCUT2D eigenvalue weighted by atomic mass is 10.1. The Labute approximate surface area is 152 Å². The molecule has 132 valence electrons. The highest BCUT2D eigenvalue weighted by molar-refractivity contribution is 7.99. The molecule has 3 aromatic rings. The molecular formula is C17H13N3O5S. The number of hydrogen-bond acceptors (Lipinski definition) is 8. The van der Waals surface area contributed by atoms with Crippen LogP contribution in [0.4, 0.5) is 5.69 Å². The van der Waals surface area contributed by atoms with Crippen molar-refractivity contribution in [3.63, 3.8) is 0 Å². The number of non-ortho nitro benzene ring substituents is 1. The van der Waals surface area contributed by atoms with E-state index in [0.717, 1.165) is 23.1 Å². The Morgan fingerprint density at radius 3 is 2.46 bits per heavy atom. The summed E-state index contributed by atoms with van der Waals surface area (Å²) < 4.78 is 10.6. The van der Waals surface area contributed by atoms with Crippen molar-refractivity contribution >= 4 is 23.2 Å². The van der Waals surface area contributed by atoms with Gasteiger partial charge >= 0.3 is 0 Å². The van der Waals surface area contributed by atoms with Crippen LogP contribution >= 0.6 is 11.8 Å². The van der Waals surface area contributed by atoms with Crippen molar-refractivity contribution in [1.82, 2.24) is 10.2 Å². The quantitative estimate of drug-likeness (QED) is 0.268. The first kappa shape index (κ1) is 17.6. The lowest BCUT2D eigenvalue weighted by Gasteiger charge is -1.99. The van der Waals surface area contributed by atoms with Crippen LogP contribution in [0.1, 0.15) is 10.4 Å². The summed E-state index contributed by atoms with van der Waals surface area (Å²) >= 11 is 1.11. The molecule has 0 spiro atoms. The second-order valence-electron chi connectivity index (χ2n) is 5.12. The molecule has 1 aromatic heterocycles. The summed E-state index contributed by atoms with van der Waals surface area (Å²) in [6, 6.07) is 12.6. The molecule has 0 saturated carbocycles. The molecule has 1 heterocycles. The average molecular weight is 371 g/mol. The second-order valence-corrected chi connectivity index (χ2v) is 6.04. The van der Waals surface area contributed by atoms with Gasteiger partial charge in [-0.15, -0.1) is 10.2 Å². The van der Waals surface area contributed by atoms with E-state index in [1.165, 1.54) is 24.3 Å². The van der Waals surface area contributed by atoms with Crippen LogP contribution in [-0.4, -0.2) is 33.8 Å². The van der Waals surface area contributed by atoms with Crippen LogP contribution in [0.3, 0.4) is 0 Å². The molecule has 0 aliphatic heterocycles. The van der Waals surface area contributed by atoms with Crippen molar-refractivity contribution in [3.05, 3.63) is 64.2 Å². The summed E-state index contributed by atoms with van der Waals surface area (Å²) in [6.07, 6.45) is 0. The van der Waals surface area contributed by atoms with Crippen molar-refractivity contribution in [2.45, 2.75) is 5.22 Å². The van der Waals surface area contributed by atoms with E-state index in [-0.39, 0.29) is 22.4 Å². The summed E-state index contributed by atoms with van der Waals surface area (Å²) in [5, 5.41) is 18.8. The number of carbonyl (C=O) groups excluding carboxylic acids is 1. The molecule has 0 saturated heterocycles. The van der Waals surface area contributed by atoms with Crippen molar-refractivity contribution in [3.8, 4) is 17.2 Å². The van der Waals surface area contributed by atoms with Crippen LogP contribution in [0.5, 0.6) is 5.75 Å². The van der Waals surface area contributed by atoms with Crippen LogP contribution in [0.15, 0.2) is 58.2 Å². The standard InChI is InChI=1S/C17H13N3O5S/c1-24-14-8-4-12(5-9-14)16-18-19-17(25-16)26-10-15(21)11-2-6-13(7-3-11)20(22)23/h2-9H,10H2,1H3. The lowest BCUT2D eigenvalue weighted by Crippen LogP contribution is -2.02. The number of aromatic nitrogens is 2. The van der Waals surface area contributed by atoms with Gasteiger partial charge in [0.1, 0.15) is 5.75 Å². The highest BCUT2D eigenvalue weighted by Crippen LogP contribution is 2.25. The smallest absolute Gasteiger partial charge is 0.277 e. The van der Waals surface area contributed by atoms with E-state index < -0.39 is 4.92 Å². The van der Waals surface area contributed by atoms with Crippen molar-refractivity contribution in [2.24, 2.45) is 0 Å². The Kier molecular flexibility index (Phi) is 5.28. The summed E-state index contributed by atoms with van der Waals surface area (Å²) in [7, 11) is 1.58. The maximum Gasteiger partial charge on any atom is 0.277 e. The van der Waals surface area contributed by atoms with Gasteiger partial charge in [0.05, 0.1) is 17.8 Å². The van der Waals surface area contributed by atoms with E-state index in [2.05, 4.69) is 10.2 Å². The fraction of sp³-hybridized carbons (Fsp3) is 0.118. The number of nitro benzene ring substituents is 1. The predicted molar refractivity (Wildman–Crippen MR) is 94.4 cm³/mol. The minimum absolute atomic E-state index is 0.0600. The zero-order chi connectivity index (χ0) is 18.5. The van der Waals surface area contributed by atoms with E-state index in [0.29, 0.717) is 11.5 Å². The van der Waals surface area contributed by atoms with Gasteiger partial charge in [-0.05, 0) is 36.4 Å². The van der Waals surface area contributed by atoms with Gasteiger partial charge in [-0.3, -0.25) is 14.9 Å². The molecule has 26 heavy (non-hydrogen) atoms. The lowest BCUT2D eigenvalue weighted by molar-refractivity contribution is -0.384. The number of hydrogen-bond donors (Lipinski definition) is 0. The topological polar surface area (TPSA) is 108 Å². The van der Waals surface area contributed by atoms with Gasteiger partial charge in [-0.1, -0.05) is 11.8 Å².